The van der Waals surface area contributed by atoms with Gasteiger partial charge in [-0.2, -0.15) is 0 Å². The van der Waals surface area contributed by atoms with Crippen LogP contribution < -0.4 is 0 Å². The number of carbonyl (C=O) groups is 1. The standard InChI is InChI=1S/C9H11FN2O2S/c1-5(9(13)14)3-15-8-7(10)6(2)11-4-12-8/h4-5H,3H2,1-2H3,(H,13,14). The van der Waals surface area contributed by atoms with Gasteiger partial charge in [-0.1, -0.05) is 6.92 Å². The maximum absolute atomic E-state index is 13.4. The second kappa shape index (κ2) is 5.06. The van der Waals surface area contributed by atoms with Crippen LogP contribution in [0.15, 0.2) is 11.4 Å². The fourth-order valence-corrected chi connectivity index (χ4v) is 1.76. The SMILES string of the molecule is Cc1ncnc(SCC(C)C(=O)O)c1F. The summed E-state index contributed by atoms with van der Waals surface area (Å²) >= 11 is 1.09. The summed E-state index contributed by atoms with van der Waals surface area (Å²) in [5.41, 5.74) is 0.274. The first kappa shape index (κ1) is 11.9. The van der Waals surface area contributed by atoms with Crippen LogP contribution in [0.4, 0.5) is 4.39 Å². The summed E-state index contributed by atoms with van der Waals surface area (Å²) in [6.45, 7) is 3.11. The number of carboxylic acid groups (broad SMARTS) is 1. The Balaban J connectivity index is 2.66. The van der Waals surface area contributed by atoms with Crippen molar-refractivity contribution in [1.82, 2.24) is 9.97 Å². The molecule has 1 N–H and O–H groups in total. The van der Waals surface area contributed by atoms with Crippen molar-refractivity contribution in [3.05, 3.63) is 17.8 Å². The summed E-state index contributed by atoms with van der Waals surface area (Å²) in [5.74, 6) is -1.60. The first-order chi connectivity index (χ1) is 7.02. The van der Waals surface area contributed by atoms with Crippen molar-refractivity contribution < 1.29 is 14.3 Å². The van der Waals surface area contributed by atoms with Gasteiger partial charge in [-0.25, -0.2) is 14.4 Å². The average molecular weight is 230 g/mol. The van der Waals surface area contributed by atoms with Gasteiger partial charge in [-0.15, -0.1) is 11.8 Å². The van der Waals surface area contributed by atoms with Gasteiger partial charge in [0.25, 0.3) is 0 Å². The van der Waals surface area contributed by atoms with E-state index in [4.69, 9.17) is 5.11 Å². The number of thioether (sulfide) groups is 1. The monoisotopic (exact) mass is 230 g/mol. The van der Waals surface area contributed by atoms with E-state index in [0.717, 1.165) is 11.8 Å². The molecule has 1 rings (SSSR count). The summed E-state index contributed by atoms with van der Waals surface area (Å²) in [4.78, 5) is 18.0. The van der Waals surface area contributed by atoms with Gasteiger partial charge in [0.2, 0.25) is 0 Å². The lowest BCUT2D eigenvalue weighted by Gasteiger charge is -2.06. The lowest BCUT2D eigenvalue weighted by molar-refractivity contribution is -0.140. The highest BCUT2D eigenvalue weighted by Gasteiger charge is 2.14. The van der Waals surface area contributed by atoms with E-state index in [9.17, 15) is 9.18 Å². The van der Waals surface area contributed by atoms with Gasteiger partial charge in [-0.3, -0.25) is 4.79 Å². The fraction of sp³-hybridized carbons (Fsp3) is 0.444. The Kier molecular flexibility index (Phi) is 4.02. The van der Waals surface area contributed by atoms with Crippen LogP contribution in [-0.4, -0.2) is 26.8 Å². The second-order valence-electron chi connectivity index (χ2n) is 3.13. The second-order valence-corrected chi connectivity index (χ2v) is 4.14. The number of hydrogen-bond donors (Lipinski definition) is 1. The van der Waals surface area contributed by atoms with E-state index in [1.807, 2.05) is 0 Å². The molecule has 0 aliphatic heterocycles. The van der Waals surface area contributed by atoms with Crippen molar-refractivity contribution in [3.8, 4) is 0 Å². The molecule has 0 saturated heterocycles. The fourth-order valence-electron chi connectivity index (χ4n) is 0.812. The molecule has 0 aliphatic carbocycles. The molecule has 0 saturated carbocycles. The number of hydrogen-bond acceptors (Lipinski definition) is 4. The number of rotatable bonds is 4. The smallest absolute Gasteiger partial charge is 0.307 e. The van der Waals surface area contributed by atoms with Gasteiger partial charge < -0.3 is 5.11 Å². The van der Waals surface area contributed by atoms with E-state index < -0.39 is 17.7 Å². The van der Waals surface area contributed by atoms with Crippen molar-refractivity contribution in [1.29, 1.82) is 0 Å². The Bertz CT molecular complexity index is 373. The minimum Gasteiger partial charge on any atom is -0.481 e. The van der Waals surface area contributed by atoms with Crippen LogP contribution in [-0.2, 0) is 4.79 Å². The van der Waals surface area contributed by atoms with E-state index in [1.54, 1.807) is 13.8 Å². The molecule has 0 spiro atoms. The Labute approximate surface area is 90.9 Å². The zero-order valence-electron chi connectivity index (χ0n) is 8.40. The quantitative estimate of drug-likeness (QED) is 0.630. The molecule has 1 heterocycles. The molecule has 1 aromatic heterocycles. The predicted octanol–water partition coefficient (Wildman–Crippen LogP) is 1.74. The highest BCUT2D eigenvalue weighted by Crippen LogP contribution is 2.22. The Hall–Kier alpha value is -1.17. The first-order valence-corrected chi connectivity index (χ1v) is 5.33. The van der Waals surface area contributed by atoms with E-state index in [-0.39, 0.29) is 10.7 Å². The van der Waals surface area contributed by atoms with Crippen molar-refractivity contribution in [2.75, 3.05) is 5.75 Å². The van der Waals surface area contributed by atoms with Crippen molar-refractivity contribution in [3.63, 3.8) is 0 Å². The van der Waals surface area contributed by atoms with Crippen LogP contribution in [0, 0.1) is 18.7 Å². The molecular formula is C9H11FN2O2S. The molecule has 6 heteroatoms. The van der Waals surface area contributed by atoms with Crippen molar-refractivity contribution >= 4 is 17.7 Å². The summed E-state index contributed by atoms with van der Waals surface area (Å²) in [5, 5.41) is 8.85. The van der Waals surface area contributed by atoms with Gasteiger partial charge in [0, 0.05) is 5.75 Å². The third-order valence-corrected chi connectivity index (χ3v) is 3.05. The zero-order valence-corrected chi connectivity index (χ0v) is 9.21. The molecule has 0 bridgehead atoms. The number of carboxylic acids is 1. The first-order valence-electron chi connectivity index (χ1n) is 4.35. The predicted molar refractivity (Wildman–Crippen MR) is 54.3 cm³/mol. The van der Waals surface area contributed by atoms with E-state index in [0.29, 0.717) is 5.75 Å². The van der Waals surface area contributed by atoms with E-state index >= 15 is 0 Å². The summed E-state index contributed by atoms with van der Waals surface area (Å²) in [7, 11) is 0. The minimum absolute atomic E-state index is 0.204. The number of halogens is 1. The Morgan fingerprint density at radius 3 is 2.93 bits per heavy atom. The third kappa shape index (κ3) is 3.16. The Morgan fingerprint density at radius 1 is 1.67 bits per heavy atom. The molecule has 4 nitrogen and oxygen atoms in total. The van der Waals surface area contributed by atoms with Gasteiger partial charge >= 0.3 is 5.97 Å². The third-order valence-electron chi connectivity index (χ3n) is 1.82. The lowest BCUT2D eigenvalue weighted by Crippen LogP contribution is -2.12. The topological polar surface area (TPSA) is 63.1 Å². The van der Waals surface area contributed by atoms with Gasteiger partial charge in [0.15, 0.2) is 5.82 Å². The van der Waals surface area contributed by atoms with Crippen LogP contribution in [0.2, 0.25) is 0 Å². The molecule has 0 aliphatic rings. The molecular weight excluding hydrogens is 219 g/mol. The number of aryl methyl sites for hydroxylation is 1. The molecule has 15 heavy (non-hydrogen) atoms. The van der Waals surface area contributed by atoms with Crippen molar-refractivity contribution in [2.45, 2.75) is 18.9 Å². The maximum Gasteiger partial charge on any atom is 0.307 e. The normalized spacial score (nSPS) is 12.5. The van der Waals surface area contributed by atoms with Crippen LogP contribution in [0.25, 0.3) is 0 Å². The van der Waals surface area contributed by atoms with Crippen molar-refractivity contribution in [2.24, 2.45) is 5.92 Å². The molecule has 0 radical (unpaired) electrons. The summed E-state index contributed by atoms with van der Waals surface area (Å²) in [6, 6.07) is 0. The minimum atomic E-state index is -0.895. The highest BCUT2D eigenvalue weighted by atomic mass is 32.2. The van der Waals surface area contributed by atoms with Gasteiger partial charge in [0.05, 0.1) is 11.6 Å². The molecule has 1 unspecified atom stereocenters. The van der Waals surface area contributed by atoms with Crippen LogP contribution in [0.1, 0.15) is 12.6 Å². The van der Waals surface area contributed by atoms with Crippen LogP contribution in [0.3, 0.4) is 0 Å². The van der Waals surface area contributed by atoms with E-state index in [1.165, 1.54) is 6.33 Å². The molecule has 0 amide bonds. The highest BCUT2D eigenvalue weighted by molar-refractivity contribution is 7.99. The average Bonchev–Trinajstić information content (AvgIpc) is 2.19. The van der Waals surface area contributed by atoms with Gasteiger partial charge in [0.1, 0.15) is 11.4 Å². The molecule has 1 atom stereocenters. The van der Waals surface area contributed by atoms with Crippen LogP contribution >= 0.6 is 11.8 Å². The lowest BCUT2D eigenvalue weighted by atomic mass is 10.2. The van der Waals surface area contributed by atoms with Crippen LogP contribution in [0.5, 0.6) is 0 Å². The molecule has 0 fully saturated rings. The maximum atomic E-state index is 13.4. The van der Waals surface area contributed by atoms with Gasteiger partial charge in [-0.05, 0) is 6.92 Å². The summed E-state index contributed by atoms with van der Waals surface area (Å²) in [6.07, 6.45) is 1.27. The number of nitrogens with zero attached hydrogens (tertiary/aromatic N) is 2. The van der Waals surface area contributed by atoms with E-state index in [2.05, 4.69) is 9.97 Å². The largest absolute Gasteiger partial charge is 0.481 e. The number of aliphatic carboxylic acids is 1. The zero-order chi connectivity index (χ0) is 11.4. The summed E-state index contributed by atoms with van der Waals surface area (Å²) < 4.78 is 13.4. The molecule has 82 valence electrons. The molecule has 1 aromatic rings. The number of aromatic nitrogens is 2. The Morgan fingerprint density at radius 2 is 2.33 bits per heavy atom. The molecule has 0 aromatic carbocycles.